The van der Waals surface area contributed by atoms with Crippen molar-refractivity contribution in [2.24, 2.45) is 0 Å². The molecule has 0 aromatic heterocycles. The Labute approximate surface area is 61.5 Å². The summed E-state index contributed by atoms with van der Waals surface area (Å²) in [6.45, 7) is 0. The predicted molar refractivity (Wildman–Crippen MR) is 7.61 cm³/mol. The summed E-state index contributed by atoms with van der Waals surface area (Å²) in [6.07, 6.45) is 0. The molecule has 0 aliphatic heterocycles. The third-order valence-corrected chi connectivity index (χ3v) is 0. The van der Waals surface area contributed by atoms with Crippen molar-refractivity contribution >= 4 is 7.82 Å². The van der Waals surface area contributed by atoms with Gasteiger partial charge in [0.1, 0.15) is 0 Å². The van der Waals surface area contributed by atoms with E-state index in [-0.39, 0.29) is 34.1 Å². The van der Waals surface area contributed by atoms with E-state index in [2.05, 4.69) is 0 Å². The van der Waals surface area contributed by atoms with Crippen LogP contribution in [0.1, 0.15) is 0 Å². The minimum Gasteiger partial charge on any atom is -0.822 e. The van der Waals surface area contributed by atoms with Crippen LogP contribution in [0.4, 0.5) is 0 Å². The summed E-state index contributed by atoms with van der Waals surface area (Å²) in [5.41, 5.74) is 0. The Bertz CT molecular complexity index is 57.8. The van der Waals surface area contributed by atoms with Gasteiger partial charge in [-0.1, -0.05) is 0 Å². The molecule has 0 amide bonds. The molecule has 0 saturated carbocycles. The first-order chi connectivity index (χ1) is 2.00. The van der Waals surface area contributed by atoms with Crippen molar-refractivity contribution in [2.75, 3.05) is 0 Å². The molecule has 0 aliphatic rings. The molecule has 0 fully saturated rings. The van der Waals surface area contributed by atoms with Crippen LogP contribution in [0.3, 0.4) is 0 Å². The van der Waals surface area contributed by atoms with E-state index in [1.54, 1.807) is 0 Å². The van der Waals surface area contributed by atoms with E-state index < -0.39 is 7.82 Å². The van der Waals surface area contributed by atoms with E-state index in [9.17, 15) is 0 Å². The SMILES string of the molecule is O=P([O-])([O-])[O-].[Fe+2].[Mn+9]. The van der Waals surface area contributed by atoms with Gasteiger partial charge in [0.15, 0.2) is 0 Å². The van der Waals surface area contributed by atoms with Crippen molar-refractivity contribution in [1.29, 1.82) is 0 Å². The Kier molecular flexibility index (Phi) is 11.9. The van der Waals surface area contributed by atoms with Crippen molar-refractivity contribution in [1.82, 2.24) is 0 Å². The van der Waals surface area contributed by atoms with E-state index in [1.807, 2.05) is 0 Å². The van der Waals surface area contributed by atoms with Crippen molar-refractivity contribution in [2.45, 2.75) is 0 Å². The Morgan fingerprint density at radius 2 is 1.14 bits per heavy atom. The zero-order chi connectivity index (χ0) is 4.50. The van der Waals surface area contributed by atoms with Gasteiger partial charge in [-0.3, -0.25) is 0 Å². The summed E-state index contributed by atoms with van der Waals surface area (Å²) in [4.78, 5) is 25.6. The molecule has 0 unspecified atom stereocenters. The van der Waals surface area contributed by atoms with Gasteiger partial charge in [0.05, 0.1) is 0 Å². The normalized spacial score (nSPS) is 8.43. The van der Waals surface area contributed by atoms with Gasteiger partial charge < -0.3 is 19.2 Å². The van der Waals surface area contributed by atoms with Gasteiger partial charge in [0.2, 0.25) is 0 Å². The van der Waals surface area contributed by atoms with Crippen molar-refractivity contribution in [3.8, 4) is 0 Å². The quantitative estimate of drug-likeness (QED) is 0.315. The molecule has 0 rings (SSSR count). The fourth-order valence-corrected chi connectivity index (χ4v) is 0. The molecule has 0 spiro atoms. The monoisotopic (exact) mass is 206 g/mol. The summed E-state index contributed by atoms with van der Waals surface area (Å²) < 4.78 is 8.55. The summed E-state index contributed by atoms with van der Waals surface area (Å²) >= 11 is 0. The zero-order valence-corrected chi connectivity index (χ0v) is 5.99. The second-order valence-corrected chi connectivity index (χ2v) is 1.34. The van der Waals surface area contributed by atoms with E-state index >= 15 is 0 Å². The van der Waals surface area contributed by atoms with Crippen LogP contribution in [-0.2, 0) is 38.7 Å². The molecule has 0 aliphatic carbocycles. The van der Waals surface area contributed by atoms with Crippen molar-refractivity contribution in [3.05, 3.63) is 0 Å². The van der Waals surface area contributed by atoms with Crippen LogP contribution >= 0.6 is 7.82 Å². The van der Waals surface area contributed by atoms with Crippen LogP contribution in [0.15, 0.2) is 0 Å². The Morgan fingerprint density at radius 3 is 1.14 bits per heavy atom. The minimum absolute atomic E-state index is 0. The second kappa shape index (κ2) is 5.29. The van der Waals surface area contributed by atoms with Crippen molar-refractivity contribution in [3.63, 3.8) is 0 Å². The topological polar surface area (TPSA) is 86.2 Å². The minimum atomic E-state index is -5.39. The van der Waals surface area contributed by atoms with Crippen LogP contribution in [0, 0.1) is 0 Å². The Morgan fingerprint density at radius 1 is 1.14 bits per heavy atom. The molecule has 0 radical (unpaired) electrons. The van der Waals surface area contributed by atoms with Gasteiger partial charge in [-0.15, -0.1) is 0 Å². The van der Waals surface area contributed by atoms with E-state index in [4.69, 9.17) is 19.2 Å². The summed E-state index contributed by atoms with van der Waals surface area (Å²) in [7, 11) is -5.39. The van der Waals surface area contributed by atoms with Crippen LogP contribution < -0.4 is 14.7 Å². The maximum Gasteiger partial charge on any atom is 9.00 e. The van der Waals surface area contributed by atoms with Gasteiger partial charge in [0.25, 0.3) is 0 Å². The standard InChI is InChI=1S/Fe.Mn.H3O4P/c;;1-5(2,3)4/h;;(H3,1,2,3,4)/q+2;+9;/p-3. The molecule has 4 nitrogen and oxygen atoms in total. The van der Waals surface area contributed by atoms with Crippen LogP contribution in [0.5, 0.6) is 0 Å². The van der Waals surface area contributed by atoms with E-state index in [1.165, 1.54) is 0 Å². The second-order valence-electron chi connectivity index (χ2n) is 0.447. The summed E-state index contributed by atoms with van der Waals surface area (Å²) in [5.74, 6) is 0. The average Bonchev–Trinajstić information content (AvgIpc) is 0.722. The predicted octanol–water partition coefficient (Wildman–Crippen LogP) is -2.83. The molecule has 0 aromatic carbocycles. The molecule has 0 saturated heterocycles. The van der Waals surface area contributed by atoms with Crippen LogP contribution in [0.2, 0.25) is 0 Å². The molecule has 36 valence electrons. The van der Waals surface area contributed by atoms with Crippen molar-refractivity contribution < 1.29 is 53.4 Å². The van der Waals surface area contributed by atoms with Crippen LogP contribution in [0.25, 0.3) is 0 Å². The molecule has 0 N–H and O–H groups in total. The largest absolute Gasteiger partial charge is 9.00 e. The third kappa shape index (κ3) is 144. The van der Waals surface area contributed by atoms with Gasteiger partial charge in [-0.2, -0.15) is 7.82 Å². The first-order valence-electron chi connectivity index (χ1n) is 0.730. The fourth-order valence-electron chi connectivity index (χ4n) is 0. The first-order valence-corrected chi connectivity index (χ1v) is 2.19. The van der Waals surface area contributed by atoms with Crippen LogP contribution in [-0.4, -0.2) is 0 Å². The Balaban J connectivity index is -0.0000000800. The molecule has 0 bridgehead atoms. The van der Waals surface area contributed by atoms with E-state index in [0.717, 1.165) is 0 Å². The Hall–Kier alpha value is 1.15. The van der Waals surface area contributed by atoms with E-state index in [0.29, 0.717) is 0 Å². The molecule has 0 atom stereocenters. The smallest absolute Gasteiger partial charge is 0.822 e. The summed E-state index contributed by atoms with van der Waals surface area (Å²) in [6, 6.07) is 0. The zero-order valence-electron chi connectivity index (χ0n) is 2.81. The van der Waals surface area contributed by atoms with Gasteiger partial charge in [-0.25, -0.2) is 0 Å². The maximum atomic E-state index is 8.55. The first kappa shape index (κ1) is 15.7. The molecule has 0 heterocycles. The number of phosphoric acid groups is 1. The molecular formula is FeMnO4P+8. The van der Waals surface area contributed by atoms with Gasteiger partial charge in [0, 0.05) is 0 Å². The summed E-state index contributed by atoms with van der Waals surface area (Å²) in [5, 5.41) is 0. The molecular weight excluding hydrogens is 206 g/mol. The molecule has 7 heteroatoms. The van der Waals surface area contributed by atoms with Gasteiger partial charge in [-0.05, 0) is 0 Å². The average molecular weight is 206 g/mol. The molecule has 0 aromatic rings. The molecule has 7 heavy (non-hydrogen) atoms. The number of hydrogen-bond donors (Lipinski definition) is 0. The van der Waals surface area contributed by atoms with Gasteiger partial charge >= 0.3 is 34.1 Å². The number of rotatable bonds is 0. The number of hydrogen-bond acceptors (Lipinski definition) is 4. The fraction of sp³-hybridized carbons (Fsp3) is 0. The maximum absolute atomic E-state index is 8.55. The third-order valence-electron chi connectivity index (χ3n) is 0.